The fraction of sp³-hybridized carbons (Fsp3) is 1.00. The minimum absolute atomic E-state index is 0.916. The van der Waals surface area contributed by atoms with Gasteiger partial charge in [0.05, 0.1) is 0 Å². The summed E-state index contributed by atoms with van der Waals surface area (Å²) in [6.45, 7) is 8.56. The second kappa shape index (κ2) is 13.8. The lowest BCUT2D eigenvalue weighted by Gasteiger charge is -2.07. The second-order valence-electron chi connectivity index (χ2n) is 3.74. The van der Waals surface area contributed by atoms with Gasteiger partial charge in [-0.1, -0.05) is 13.3 Å². The number of hydrogen-bond acceptors (Lipinski definition) is 4. The summed E-state index contributed by atoms with van der Waals surface area (Å²) in [6, 6.07) is 0. The lowest BCUT2D eigenvalue weighted by Crippen LogP contribution is -2.35. The van der Waals surface area contributed by atoms with E-state index in [1.165, 1.54) is 19.3 Å². The molecule has 0 aromatic rings. The zero-order chi connectivity index (χ0) is 11.2. The molecule has 0 aromatic heterocycles. The Bertz CT molecular complexity index is 96.8. The highest BCUT2D eigenvalue weighted by Gasteiger charge is 1.88. The molecule has 4 N–H and O–H groups in total. The molecule has 4 heteroatoms. The molecule has 0 radical (unpaired) electrons. The van der Waals surface area contributed by atoms with Crippen LogP contribution in [0.1, 0.15) is 26.2 Å². The molecule has 0 rings (SSSR count). The highest BCUT2D eigenvalue weighted by molar-refractivity contribution is 4.52. The molecule has 0 bridgehead atoms. The van der Waals surface area contributed by atoms with Crippen LogP contribution in [0.4, 0.5) is 0 Å². The molecule has 0 saturated heterocycles. The normalized spacial score (nSPS) is 10.8. The fourth-order valence-corrected chi connectivity index (χ4v) is 1.26. The maximum atomic E-state index is 3.40. The van der Waals surface area contributed by atoms with Crippen molar-refractivity contribution < 1.29 is 0 Å². The molecule has 15 heavy (non-hydrogen) atoms. The van der Waals surface area contributed by atoms with Crippen LogP contribution in [-0.2, 0) is 0 Å². The number of hydrogen-bond donors (Lipinski definition) is 4. The van der Waals surface area contributed by atoms with Crippen LogP contribution in [0.2, 0.25) is 0 Å². The summed E-state index contributed by atoms with van der Waals surface area (Å²) in [5, 5.41) is 13.2. The molecule has 0 fully saturated rings. The predicted molar refractivity (Wildman–Crippen MR) is 67.2 cm³/mol. The van der Waals surface area contributed by atoms with E-state index in [1.807, 2.05) is 7.05 Å². The fourth-order valence-electron chi connectivity index (χ4n) is 1.26. The monoisotopic (exact) mass is 216 g/mol. The van der Waals surface area contributed by atoms with E-state index in [0.29, 0.717) is 0 Å². The van der Waals surface area contributed by atoms with Gasteiger partial charge in [-0.15, -0.1) is 0 Å². The van der Waals surface area contributed by atoms with Crippen LogP contribution in [0.15, 0.2) is 0 Å². The molecular weight excluding hydrogens is 188 g/mol. The third kappa shape index (κ3) is 13.8. The van der Waals surface area contributed by atoms with Gasteiger partial charge in [0.2, 0.25) is 0 Å². The molecular formula is C11H28N4. The SMILES string of the molecule is CCCCNCCNCNCCCNC. The molecule has 4 nitrogen and oxygen atoms in total. The Labute approximate surface area is 94.6 Å². The molecule has 0 saturated carbocycles. The third-order valence-corrected chi connectivity index (χ3v) is 2.22. The molecule has 0 aliphatic rings. The van der Waals surface area contributed by atoms with E-state index in [9.17, 15) is 0 Å². The average molecular weight is 216 g/mol. The molecule has 0 aliphatic heterocycles. The quantitative estimate of drug-likeness (QED) is 0.276. The van der Waals surface area contributed by atoms with Gasteiger partial charge in [-0.25, -0.2) is 0 Å². The first-order valence-corrected chi connectivity index (χ1v) is 6.18. The molecule has 0 unspecified atom stereocenters. The summed E-state index contributed by atoms with van der Waals surface area (Å²) >= 11 is 0. The Morgan fingerprint density at radius 2 is 1.40 bits per heavy atom. The van der Waals surface area contributed by atoms with Gasteiger partial charge in [0.15, 0.2) is 0 Å². The summed E-state index contributed by atoms with van der Waals surface area (Å²) in [7, 11) is 1.99. The number of rotatable bonds is 12. The van der Waals surface area contributed by atoms with Gasteiger partial charge in [0.1, 0.15) is 0 Å². The van der Waals surface area contributed by atoms with Crippen molar-refractivity contribution in [1.82, 2.24) is 21.3 Å². The first-order chi connectivity index (χ1) is 7.41. The van der Waals surface area contributed by atoms with Crippen LogP contribution >= 0.6 is 0 Å². The summed E-state index contributed by atoms with van der Waals surface area (Å²) < 4.78 is 0. The van der Waals surface area contributed by atoms with Gasteiger partial charge in [-0.3, -0.25) is 0 Å². The minimum Gasteiger partial charge on any atom is -0.320 e. The van der Waals surface area contributed by atoms with Crippen LogP contribution in [0, 0.1) is 0 Å². The van der Waals surface area contributed by atoms with E-state index in [0.717, 1.165) is 39.4 Å². The molecule has 0 atom stereocenters. The van der Waals surface area contributed by atoms with Crippen molar-refractivity contribution >= 4 is 0 Å². The largest absolute Gasteiger partial charge is 0.320 e. The standard InChI is InChI=1S/C11H28N4/c1-3-4-7-13-9-10-15-11-14-8-5-6-12-2/h12-15H,3-11H2,1-2H3. The van der Waals surface area contributed by atoms with Crippen molar-refractivity contribution in [3.8, 4) is 0 Å². The Hall–Kier alpha value is -0.160. The second-order valence-corrected chi connectivity index (χ2v) is 3.74. The summed E-state index contributed by atoms with van der Waals surface area (Å²) in [6.07, 6.45) is 3.74. The first kappa shape index (κ1) is 14.8. The maximum Gasteiger partial charge on any atom is 0.0454 e. The molecule has 0 heterocycles. The van der Waals surface area contributed by atoms with Crippen LogP contribution in [0.3, 0.4) is 0 Å². The van der Waals surface area contributed by atoms with Gasteiger partial charge in [0, 0.05) is 19.8 Å². The van der Waals surface area contributed by atoms with Crippen LogP contribution in [0.5, 0.6) is 0 Å². The van der Waals surface area contributed by atoms with E-state index in [-0.39, 0.29) is 0 Å². The lowest BCUT2D eigenvalue weighted by molar-refractivity contribution is 0.540. The molecule has 0 aliphatic carbocycles. The van der Waals surface area contributed by atoms with E-state index in [1.54, 1.807) is 0 Å². The number of unbranched alkanes of at least 4 members (excludes halogenated alkanes) is 1. The van der Waals surface area contributed by atoms with Crippen LogP contribution in [-0.4, -0.2) is 46.4 Å². The Balaban J connectivity index is 2.81. The Kier molecular flexibility index (Phi) is 13.7. The van der Waals surface area contributed by atoms with E-state index in [2.05, 4.69) is 28.2 Å². The minimum atomic E-state index is 0.916. The molecule has 0 spiro atoms. The van der Waals surface area contributed by atoms with Crippen molar-refractivity contribution in [3.63, 3.8) is 0 Å². The highest BCUT2D eigenvalue weighted by Crippen LogP contribution is 1.80. The third-order valence-electron chi connectivity index (χ3n) is 2.22. The Morgan fingerprint density at radius 1 is 0.733 bits per heavy atom. The molecule has 92 valence electrons. The molecule has 0 aromatic carbocycles. The van der Waals surface area contributed by atoms with Crippen LogP contribution < -0.4 is 21.3 Å². The van der Waals surface area contributed by atoms with Crippen molar-refractivity contribution in [3.05, 3.63) is 0 Å². The van der Waals surface area contributed by atoms with Crippen molar-refractivity contribution in [2.75, 3.05) is 46.4 Å². The van der Waals surface area contributed by atoms with E-state index >= 15 is 0 Å². The summed E-state index contributed by atoms with van der Waals surface area (Å²) in [5.41, 5.74) is 0. The van der Waals surface area contributed by atoms with E-state index < -0.39 is 0 Å². The zero-order valence-electron chi connectivity index (χ0n) is 10.4. The predicted octanol–water partition coefficient (Wildman–Crippen LogP) is 0.122. The zero-order valence-corrected chi connectivity index (χ0v) is 10.4. The van der Waals surface area contributed by atoms with Crippen molar-refractivity contribution in [2.24, 2.45) is 0 Å². The smallest absolute Gasteiger partial charge is 0.0454 e. The van der Waals surface area contributed by atoms with Gasteiger partial charge in [-0.05, 0) is 39.5 Å². The van der Waals surface area contributed by atoms with Gasteiger partial charge < -0.3 is 21.3 Å². The first-order valence-electron chi connectivity index (χ1n) is 6.18. The average Bonchev–Trinajstić information content (AvgIpc) is 2.26. The lowest BCUT2D eigenvalue weighted by atomic mass is 10.3. The van der Waals surface area contributed by atoms with Crippen LogP contribution in [0.25, 0.3) is 0 Å². The van der Waals surface area contributed by atoms with Gasteiger partial charge in [0.25, 0.3) is 0 Å². The van der Waals surface area contributed by atoms with Gasteiger partial charge in [-0.2, -0.15) is 0 Å². The van der Waals surface area contributed by atoms with E-state index in [4.69, 9.17) is 0 Å². The van der Waals surface area contributed by atoms with Crippen molar-refractivity contribution in [1.29, 1.82) is 0 Å². The summed E-state index contributed by atoms with van der Waals surface area (Å²) in [4.78, 5) is 0. The number of nitrogens with one attached hydrogen (secondary N) is 4. The van der Waals surface area contributed by atoms with Crippen molar-refractivity contribution in [2.45, 2.75) is 26.2 Å². The van der Waals surface area contributed by atoms with Gasteiger partial charge >= 0.3 is 0 Å². The molecule has 0 amide bonds. The highest BCUT2D eigenvalue weighted by atomic mass is 15.1. The Morgan fingerprint density at radius 3 is 2.13 bits per heavy atom. The summed E-state index contributed by atoms with van der Waals surface area (Å²) in [5.74, 6) is 0. The topological polar surface area (TPSA) is 48.1 Å². The maximum absolute atomic E-state index is 3.40.